The number of carbonyl (C=O) groups excluding carboxylic acids is 1. The molecule has 8 heteroatoms. The van der Waals surface area contributed by atoms with Crippen molar-refractivity contribution in [2.24, 2.45) is 0 Å². The van der Waals surface area contributed by atoms with E-state index in [0.29, 0.717) is 33.8 Å². The standard InChI is InChI=1S/C14H14N6OS/c15-8-9-3-1-2-4-10(9)18-13(21)5-6-22-14-19-11(16)7-12(17)20-14/h1-4,7H,5-6H2,(H,18,21)(H4,16,17,19,20). The van der Waals surface area contributed by atoms with Crippen LogP contribution in [-0.4, -0.2) is 21.6 Å². The number of nitrogen functional groups attached to an aromatic ring is 2. The van der Waals surface area contributed by atoms with Gasteiger partial charge in [0.05, 0.1) is 11.3 Å². The SMILES string of the molecule is N#Cc1ccccc1NC(=O)CCSc1nc(N)cc(N)n1. The van der Waals surface area contributed by atoms with E-state index in [-0.39, 0.29) is 12.3 Å². The van der Waals surface area contributed by atoms with Crippen molar-refractivity contribution >= 4 is 35.0 Å². The molecule has 2 rings (SSSR count). The molecule has 0 radical (unpaired) electrons. The van der Waals surface area contributed by atoms with Crippen molar-refractivity contribution in [3.05, 3.63) is 35.9 Å². The Hall–Kier alpha value is -2.79. The summed E-state index contributed by atoms with van der Waals surface area (Å²) >= 11 is 1.29. The van der Waals surface area contributed by atoms with E-state index in [1.165, 1.54) is 17.8 Å². The molecular formula is C14H14N6OS. The number of amides is 1. The summed E-state index contributed by atoms with van der Waals surface area (Å²) in [4.78, 5) is 19.9. The lowest BCUT2D eigenvalue weighted by atomic mass is 10.2. The molecule has 5 N–H and O–H groups in total. The van der Waals surface area contributed by atoms with Crippen LogP contribution in [-0.2, 0) is 4.79 Å². The lowest BCUT2D eigenvalue weighted by Crippen LogP contribution is -2.13. The lowest BCUT2D eigenvalue weighted by molar-refractivity contribution is -0.115. The first kappa shape index (κ1) is 15.6. The Labute approximate surface area is 131 Å². The van der Waals surface area contributed by atoms with Crippen LogP contribution in [0.4, 0.5) is 17.3 Å². The molecule has 1 amide bonds. The molecule has 1 aromatic carbocycles. The van der Waals surface area contributed by atoms with Crippen LogP contribution in [0.2, 0.25) is 0 Å². The Bertz CT molecular complexity index is 707. The summed E-state index contributed by atoms with van der Waals surface area (Å²) in [7, 11) is 0. The van der Waals surface area contributed by atoms with Gasteiger partial charge in [-0.3, -0.25) is 4.79 Å². The van der Waals surface area contributed by atoms with Crippen molar-refractivity contribution in [1.82, 2.24) is 9.97 Å². The van der Waals surface area contributed by atoms with Gasteiger partial charge >= 0.3 is 0 Å². The molecular weight excluding hydrogens is 300 g/mol. The highest BCUT2D eigenvalue weighted by Gasteiger charge is 2.08. The smallest absolute Gasteiger partial charge is 0.225 e. The number of benzene rings is 1. The van der Waals surface area contributed by atoms with Crippen molar-refractivity contribution in [3.63, 3.8) is 0 Å². The maximum absolute atomic E-state index is 11.9. The Balaban J connectivity index is 1.87. The van der Waals surface area contributed by atoms with Crippen LogP contribution < -0.4 is 16.8 Å². The molecule has 0 bridgehead atoms. The van der Waals surface area contributed by atoms with Gasteiger partial charge in [-0.25, -0.2) is 9.97 Å². The van der Waals surface area contributed by atoms with Crippen LogP contribution in [0.25, 0.3) is 0 Å². The lowest BCUT2D eigenvalue weighted by Gasteiger charge is -2.06. The largest absolute Gasteiger partial charge is 0.383 e. The molecule has 0 aliphatic heterocycles. The minimum Gasteiger partial charge on any atom is -0.383 e. The van der Waals surface area contributed by atoms with Crippen molar-refractivity contribution in [2.45, 2.75) is 11.6 Å². The number of nitrogens with two attached hydrogens (primary N) is 2. The average Bonchev–Trinajstić information content (AvgIpc) is 2.46. The molecule has 22 heavy (non-hydrogen) atoms. The summed E-state index contributed by atoms with van der Waals surface area (Å²) in [5.41, 5.74) is 12.1. The highest BCUT2D eigenvalue weighted by atomic mass is 32.2. The molecule has 0 spiro atoms. The molecule has 1 aromatic heterocycles. The van der Waals surface area contributed by atoms with Crippen LogP contribution in [0.5, 0.6) is 0 Å². The zero-order valence-electron chi connectivity index (χ0n) is 11.6. The number of anilines is 3. The molecule has 2 aromatic rings. The first-order valence-electron chi connectivity index (χ1n) is 6.40. The molecule has 112 valence electrons. The average molecular weight is 314 g/mol. The van der Waals surface area contributed by atoms with E-state index in [1.807, 2.05) is 6.07 Å². The summed E-state index contributed by atoms with van der Waals surface area (Å²) in [5, 5.41) is 12.1. The van der Waals surface area contributed by atoms with Crippen LogP contribution in [0.3, 0.4) is 0 Å². The van der Waals surface area contributed by atoms with Gasteiger partial charge in [-0.2, -0.15) is 5.26 Å². The maximum Gasteiger partial charge on any atom is 0.225 e. The van der Waals surface area contributed by atoms with E-state index < -0.39 is 0 Å². The maximum atomic E-state index is 11.9. The van der Waals surface area contributed by atoms with Crippen molar-refractivity contribution in [3.8, 4) is 6.07 Å². The fourth-order valence-electron chi connectivity index (χ4n) is 1.66. The van der Waals surface area contributed by atoms with Crippen LogP contribution in [0.1, 0.15) is 12.0 Å². The minimum atomic E-state index is -0.188. The number of hydrogen-bond acceptors (Lipinski definition) is 7. The molecule has 1 heterocycles. The van der Waals surface area contributed by atoms with E-state index in [1.54, 1.807) is 24.3 Å². The van der Waals surface area contributed by atoms with Crippen molar-refractivity contribution < 1.29 is 4.79 Å². The normalized spacial score (nSPS) is 9.95. The summed E-state index contributed by atoms with van der Waals surface area (Å²) < 4.78 is 0. The first-order valence-corrected chi connectivity index (χ1v) is 7.39. The zero-order chi connectivity index (χ0) is 15.9. The number of hydrogen-bond donors (Lipinski definition) is 3. The fraction of sp³-hybridized carbons (Fsp3) is 0.143. The molecule has 0 fully saturated rings. The second-order valence-electron chi connectivity index (χ2n) is 4.30. The van der Waals surface area contributed by atoms with Gasteiger partial charge in [-0.05, 0) is 12.1 Å². The number of rotatable bonds is 5. The first-order chi connectivity index (χ1) is 10.6. The fourth-order valence-corrected chi connectivity index (χ4v) is 2.47. The van der Waals surface area contributed by atoms with Gasteiger partial charge in [-0.1, -0.05) is 23.9 Å². The number of carbonyl (C=O) groups is 1. The number of nitrogens with zero attached hydrogens (tertiary/aromatic N) is 3. The second kappa shape index (κ2) is 7.28. The number of nitriles is 1. The third-order valence-corrected chi connectivity index (χ3v) is 3.48. The quantitative estimate of drug-likeness (QED) is 0.564. The van der Waals surface area contributed by atoms with Crippen LogP contribution >= 0.6 is 11.8 Å². The molecule has 0 unspecified atom stereocenters. The van der Waals surface area contributed by atoms with E-state index in [0.717, 1.165) is 0 Å². The van der Waals surface area contributed by atoms with Gasteiger partial charge < -0.3 is 16.8 Å². The van der Waals surface area contributed by atoms with E-state index in [4.69, 9.17) is 16.7 Å². The topological polar surface area (TPSA) is 131 Å². The number of aromatic nitrogens is 2. The summed E-state index contributed by atoms with van der Waals surface area (Å²) in [6.07, 6.45) is 0.252. The summed E-state index contributed by atoms with van der Waals surface area (Å²) in [6, 6.07) is 10.3. The predicted molar refractivity (Wildman–Crippen MR) is 86.0 cm³/mol. The number of thioether (sulfide) groups is 1. The van der Waals surface area contributed by atoms with E-state index in [2.05, 4.69) is 15.3 Å². The van der Waals surface area contributed by atoms with Gasteiger partial charge in [0.1, 0.15) is 17.7 Å². The number of para-hydroxylation sites is 1. The third kappa shape index (κ3) is 4.36. The minimum absolute atomic E-state index is 0.188. The van der Waals surface area contributed by atoms with Gasteiger partial charge in [0.2, 0.25) is 5.91 Å². The van der Waals surface area contributed by atoms with Gasteiger partial charge in [0.15, 0.2) is 5.16 Å². The van der Waals surface area contributed by atoms with Gasteiger partial charge in [-0.15, -0.1) is 0 Å². The Kier molecular flexibility index (Phi) is 5.16. The Morgan fingerprint density at radius 1 is 1.27 bits per heavy atom. The molecule has 0 saturated heterocycles. The van der Waals surface area contributed by atoms with Crippen molar-refractivity contribution in [2.75, 3.05) is 22.5 Å². The van der Waals surface area contributed by atoms with Crippen LogP contribution in [0, 0.1) is 11.3 Å². The molecule has 0 aliphatic rings. The van der Waals surface area contributed by atoms with E-state index in [9.17, 15) is 4.79 Å². The molecule has 0 atom stereocenters. The number of nitrogens with one attached hydrogen (secondary N) is 1. The molecule has 0 aliphatic carbocycles. The highest BCUT2D eigenvalue weighted by molar-refractivity contribution is 7.99. The van der Waals surface area contributed by atoms with Crippen LogP contribution in [0.15, 0.2) is 35.5 Å². The van der Waals surface area contributed by atoms with Gasteiger partial charge in [0, 0.05) is 18.2 Å². The predicted octanol–water partition coefficient (Wildman–Crippen LogP) is 1.63. The molecule has 0 saturated carbocycles. The van der Waals surface area contributed by atoms with Crippen molar-refractivity contribution in [1.29, 1.82) is 5.26 Å². The highest BCUT2D eigenvalue weighted by Crippen LogP contribution is 2.18. The van der Waals surface area contributed by atoms with E-state index >= 15 is 0 Å². The monoisotopic (exact) mass is 314 g/mol. The Morgan fingerprint density at radius 2 is 1.95 bits per heavy atom. The van der Waals surface area contributed by atoms with Gasteiger partial charge in [0.25, 0.3) is 0 Å². The summed E-state index contributed by atoms with van der Waals surface area (Å²) in [6.45, 7) is 0. The molecule has 7 nitrogen and oxygen atoms in total. The summed E-state index contributed by atoms with van der Waals surface area (Å²) in [5.74, 6) is 0.876. The zero-order valence-corrected chi connectivity index (χ0v) is 12.4. The second-order valence-corrected chi connectivity index (χ2v) is 5.37. The Morgan fingerprint density at radius 3 is 2.64 bits per heavy atom. The third-order valence-electron chi connectivity index (χ3n) is 2.63.